The highest BCUT2D eigenvalue weighted by Gasteiger charge is 2.19. The predicted octanol–water partition coefficient (Wildman–Crippen LogP) is 3.13. The van der Waals surface area contributed by atoms with Crippen molar-refractivity contribution in [3.05, 3.63) is 65.5 Å². The van der Waals surface area contributed by atoms with Gasteiger partial charge in [-0.1, -0.05) is 29.8 Å². The maximum atomic E-state index is 14.0. The van der Waals surface area contributed by atoms with E-state index < -0.39 is 5.82 Å². The lowest BCUT2D eigenvalue weighted by Gasteiger charge is -2.23. The number of rotatable bonds is 5. The molecule has 0 fully saturated rings. The number of aryl methyl sites for hydroxylation is 1. The standard InChI is InChI=1S/C17H19FN2O/c1-13-6-4-7-14(12-13)17(21)20(11-5-10-19)16-9-3-2-8-15(16)18/h2-4,6-9,12H,5,10-11,19H2,1H3. The summed E-state index contributed by atoms with van der Waals surface area (Å²) in [5.74, 6) is -0.618. The van der Waals surface area contributed by atoms with E-state index in [0.717, 1.165) is 5.56 Å². The number of anilines is 1. The van der Waals surface area contributed by atoms with Crippen LogP contribution in [0.1, 0.15) is 22.3 Å². The van der Waals surface area contributed by atoms with Gasteiger partial charge < -0.3 is 10.6 Å². The van der Waals surface area contributed by atoms with Crippen molar-refractivity contribution in [3.63, 3.8) is 0 Å². The molecule has 0 unspecified atom stereocenters. The summed E-state index contributed by atoms with van der Waals surface area (Å²) in [5, 5.41) is 0. The Balaban J connectivity index is 2.36. The zero-order valence-electron chi connectivity index (χ0n) is 12.1. The molecule has 0 bridgehead atoms. The number of halogens is 1. The molecule has 0 aliphatic heterocycles. The van der Waals surface area contributed by atoms with Crippen LogP contribution in [0.4, 0.5) is 10.1 Å². The van der Waals surface area contributed by atoms with Gasteiger partial charge >= 0.3 is 0 Å². The van der Waals surface area contributed by atoms with Gasteiger partial charge in [0, 0.05) is 12.1 Å². The average molecular weight is 286 g/mol. The van der Waals surface area contributed by atoms with Crippen LogP contribution in [0.15, 0.2) is 48.5 Å². The zero-order chi connectivity index (χ0) is 15.2. The molecule has 4 heteroatoms. The quantitative estimate of drug-likeness (QED) is 0.918. The number of amides is 1. The number of nitrogens with zero attached hydrogens (tertiary/aromatic N) is 1. The Bertz CT molecular complexity index is 628. The minimum absolute atomic E-state index is 0.211. The predicted molar refractivity (Wildman–Crippen MR) is 82.9 cm³/mol. The number of nitrogens with two attached hydrogens (primary N) is 1. The van der Waals surface area contributed by atoms with Crippen LogP contribution in [0.25, 0.3) is 0 Å². The van der Waals surface area contributed by atoms with Gasteiger partial charge in [-0.3, -0.25) is 4.79 Å². The second kappa shape index (κ2) is 6.99. The van der Waals surface area contributed by atoms with Gasteiger partial charge in [-0.05, 0) is 44.2 Å². The zero-order valence-corrected chi connectivity index (χ0v) is 12.1. The van der Waals surface area contributed by atoms with Gasteiger partial charge in [0.05, 0.1) is 5.69 Å². The molecule has 0 atom stereocenters. The van der Waals surface area contributed by atoms with Crippen molar-refractivity contribution in [1.82, 2.24) is 0 Å². The third kappa shape index (κ3) is 3.67. The first-order chi connectivity index (χ1) is 10.1. The Kier molecular flexibility index (Phi) is 5.06. The Morgan fingerprint density at radius 3 is 2.62 bits per heavy atom. The fourth-order valence-corrected chi connectivity index (χ4v) is 2.19. The summed E-state index contributed by atoms with van der Waals surface area (Å²) in [4.78, 5) is 14.1. The first-order valence-electron chi connectivity index (χ1n) is 6.96. The number of benzene rings is 2. The molecule has 0 aromatic heterocycles. The second-order valence-corrected chi connectivity index (χ2v) is 4.92. The van der Waals surface area contributed by atoms with Crippen molar-refractivity contribution in [2.75, 3.05) is 18.0 Å². The molecular formula is C17H19FN2O. The first-order valence-corrected chi connectivity index (χ1v) is 6.96. The molecule has 0 spiro atoms. The molecule has 21 heavy (non-hydrogen) atoms. The molecule has 2 rings (SSSR count). The Morgan fingerprint density at radius 1 is 1.19 bits per heavy atom. The van der Waals surface area contributed by atoms with Crippen molar-refractivity contribution in [2.24, 2.45) is 5.73 Å². The van der Waals surface area contributed by atoms with Gasteiger partial charge in [-0.2, -0.15) is 0 Å². The van der Waals surface area contributed by atoms with E-state index in [0.29, 0.717) is 25.1 Å². The molecule has 2 aromatic carbocycles. The van der Waals surface area contributed by atoms with Crippen molar-refractivity contribution < 1.29 is 9.18 Å². The van der Waals surface area contributed by atoms with E-state index in [9.17, 15) is 9.18 Å². The van der Waals surface area contributed by atoms with Crippen LogP contribution in [0, 0.1) is 12.7 Å². The fraction of sp³-hybridized carbons (Fsp3) is 0.235. The summed E-state index contributed by atoms with van der Waals surface area (Å²) in [5.41, 5.74) is 7.36. The maximum absolute atomic E-state index is 14.0. The van der Waals surface area contributed by atoms with E-state index in [4.69, 9.17) is 5.73 Å². The fourth-order valence-electron chi connectivity index (χ4n) is 2.19. The first kappa shape index (κ1) is 15.2. The molecule has 110 valence electrons. The largest absolute Gasteiger partial charge is 0.330 e. The van der Waals surface area contributed by atoms with Gasteiger partial charge in [0.2, 0.25) is 0 Å². The van der Waals surface area contributed by atoms with E-state index in [2.05, 4.69) is 0 Å². The molecule has 2 N–H and O–H groups in total. The summed E-state index contributed by atoms with van der Waals surface area (Å²) < 4.78 is 14.0. The lowest BCUT2D eigenvalue weighted by atomic mass is 10.1. The van der Waals surface area contributed by atoms with Gasteiger partial charge in [-0.25, -0.2) is 4.39 Å². The van der Waals surface area contributed by atoms with E-state index in [1.165, 1.54) is 11.0 Å². The van der Waals surface area contributed by atoms with E-state index in [1.54, 1.807) is 30.3 Å². The van der Waals surface area contributed by atoms with Gasteiger partial charge in [-0.15, -0.1) is 0 Å². The summed E-state index contributed by atoms with van der Waals surface area (Å²) in [7, 11) is 0. The van der Waals surface area contributed by atoms with Crippen LogP contribution in [-0.2, 0) is 0 Å². The second-order valence-electron chi connectivity index (χ2n) is 4.92. The number of carbonyl (C=O) groups excluding carboxylic acids is 1. The lowest BCUT2D eigenvalue weighted by molar-refractivity contribution is 0.0986. The van der Waals surface area contributed by atoms with Crippen molar-refractivity contribution in [2.45, 2.75) is 13.3 Å². The monoisotopic (exact) mass is 286 g/mol. The van der Waals surface area contributed by atoms with Crippen molar-refractivity contribution >= 4 is 11.6 Å². The number of carbonyl (C=O) groups is 1. The van der Waals surface area contributed by atoms with Crippen LogP contribution >= 0.6 is 0 Å². The van der Waals surface area contributed by atoms with Crippen LogP contribution in [0.2, 0.25) is 0 Å². The molecule has 0 aliphatic carbocycles. The molecule has 1 amide bonds. The molecule has 3 nitrogen and oxygen atoms in total. The number of hydrogen-bond donors (Lipinski definition) is 1. The minimum atomic E-state index is -0.407. The van der Waals surface area contributed by atoms with Gasteiger partial charge in [0.25, 0.3) is 5.91 Å². The Morgan fingerprint density at radius 2 is 1.95 bits per heavy atom. The summed E-state index contributed by atoms with van der Waals surface area (Å²) >= 11 is 0. The highest BCUT2D eigenvalue weighted by molar-refractivity contribution is 6.06. The number of hydrogen-bond acceptors (Lipinski definition) is 2. The lowest BCUT2D eigenvalue weighted by Crippen LogP contribution is -2.33. The molecule has 0 aliphatic rings. The molecule has 0 radical (unpaired) electrons. The van der Waals surface area contributed by atoms with Crippen LogP contribution in [-0.4, -0.2) is 19.0 Å². The van der Waals surface area contributed by atoms with E-state index in [-0.39, 0.29) is 11.6 Å². The van der Waals surface area contributed by atoms with Gasteiger partial charge in [0.15, 0.2) is 0 Å². The van der Waals surface area contributed by atoms with E-state index >= 15 is 0 Å². The molecular weight excluding hydrogens is 267 g/mol. The summed E-state index contributed by atoms with van der Waals surface area (Å²) in [6.07, 6.45) is 0.617. The summed E-state index contributed by atoms with van der Waals surface area (Å²) in [6, 6.07) is 13.6. The highest BCUT2D eigenvalue weighted by atomic mass is 19.1. The third-order valence-corrected chi connectivity index (χ3v) is 3.24. The highest BCUT2D eigenvalue weighted by Crippen LogP contribution is 2.21. The SMILES string of the molecule is Cc1cccc(C(=O)N(CCCN)c2ccccc2F)c1. The minimum Gasteiger partial charge on any atom is -0.330 e. The molecule has 0 saturated carbocycles. The smallest absolute Gasteiger partial charge is 0.258 e. The Labute approximate surface area is 124 Å². The molecule has 2 aromatic rings. The summed E-state index contributed by atoms with van der Waals surface area (Å²) in [6.45, 7) is 2.76. The van der Waals surface area contributed by atoms with Gasteiger partial charge in [0.1, 0.15) is 5.82 Å². The van der Waals surface area contributed by atoms with Crippen LogP contribution in [0.5, 0.6) is 0 Å². The molecule has 0 heterocycles. The normalized spacial score (nSPS) is 10.4. The third-order valence-electron chi connectivity index (χ3n) is 3.24. The van der Waals surface area contributed by atoms with Crippen LogP contribution in [0.3, 0.4) is 0 Å². The van der Waals surface area contributed by atoms with Crippen molar-refractivity contribution in [1.29, 1.82) is 0 Å². The van der Waals surface area contributed by atoms with E-state index in [1.807, 2.05) is 19.1 Å². The average Bonchev–Trinajstić information content (AvgIpc) is 2.49. The van der Waals surface area contributed by atoms with Crippen LogP contribution < -0.4 is 10.6 Å². The molecule has 0 saturated heterocycles. The Hall–Kier alpha value is -2.20. The number of para-hydroxylation sites is 1. The van der Waals surface area contributed by atoms with Crippen molar-refractivity contribution in [3.8, 4) is 0 Å². The maximum Gasteiger partial charge on any atom is 0.258 e. The topological polar surface area (TPSA) is 46.3 Å².